The number of anilines is 1. The molecular weight excluding hydrogens is 482 g/mol. The zero-order chi connectivity index (χ0) is 23.4. The normalized spacial score (nSPS) is 14.9. The van der Waals surface area contributed by atoms with E-state index in [0.717, 1.165) is 16.8 Å². The van der Waals surface area contributed by atoms with Crippen LogP contribution in [0.5, 0.6) is 0 Å². The lowest BCUT2D eigenvalue weighted by atomic mass is 9.92. The van der Waals surface area contributed by atoms with Gasteiger partial charge in [-0.05, 0) is 65.1 Å². The fourth-order valence-corrected chi connectivity index (χ4v) is 5.27. The highest BCUT2D eigenvalue weighted by Crippen LogP contribution is 2.45. The Kier molecular flexibility index (Phi) is 6.10. The fourth-order valence-electron chi connectivity index (χ4n) is 3.30. The molecule has 1 atom stereocenters. The molecule has 1 aromatic carbocycles. The van der Waals surface area contributed by atoms with Gasteiger partial charge in [-0.15, -0.1) is 0 Å². The summed E-state index contributed by atoms with van der Waals surface area (Å²) in [6, 6.07) is 5.36. The monoisotopic (exact) mass is 510 g/mol. The maximum atomic E-state index is 14.5. The summed E-state index contributed by atoms with van der Waals surface area (Å²) in [4.78, 5) is 8.55. The van der Waals surface area contributed by atoms with Crippen LogP contribution in [0.25, 0.3) is 16.9 Å². The van der Waals surface area contributed by atoms with Crippen molar-refractivity contribution in [1.82, 2.24) is 14.4 Å². The van der Waals surface area contributed by atoms with Crippen molar-refractivity contribution in [2.75, 3.05) is 5.73 Å². The van der Waals surface area contributed by atoms with Gasteiger partial charge in [-0.1, -0.05) is 32.9 Å². The van der Waals surface area contributed by atoms with Crippen molar-refractivity contribution in [3.8, 4) is 11.3 Å². The maximum Gasteiger partial charge on any atom is 0.269 e. The molecule has 2 aromatic heterocycles. The first-order valence-corrected chi connectivity index (χ1v) is 13.8. The highest BCUT2D eigenvalue weighted by Gasteiger charge is 2.48. The number of hydrogen-bond donors (Lipinski definition) is 1. The second-order valence-corrected chi connectivity index (χ2v) is 15.1. The summed E-state index contributed by atoms with van der Waals surface area (Å²) in [6.07, 6.45) is 0.757. The van der Waals surface area contributed by atoms with Crippen molar-refractivity contribution in [1.29, 1.82) is 0 Å². The molecule has 3 aromatic rings. The van der Waals surface area contributed by atoms with Gasteiger partial charge in [0.2, 0.25) is 0 Å². The molecule has 31 heavy (non-hydrogen) atoms. The lowest BCUT2D eigenvalue weighted by molar-refractivity contribution is -0.0777. The average molecular weight is 511 g/mol. The van der Waals surface area contributed by atoms with Gasteiger partial charge in [0.05, 0.1) is 11.9 Å². The zero-order valence-corrected chi connectivity index (χ0v) is 21.5. The van der Waals surface area contributed by atoms with Crippen LogP contribution < -0.4 is 5.73 Å². The van der Waals surface area contributed by atoms with Crippen LogP contribution >= 0.6 is 15.9 Å². The van der Waals surface area contributed by atoms with E-state index in [1.165, 1.54) is 6.92 Å². The molecule has 0 aliphatic rings. The van der Waals surface area contributed by atoms with Gasteiger partial charge in [0.1, 0.15) is 10.2 Å². The number of hydrogen-bond acceptors (Lipinski definition) is 4. The molecule has 1 unspecified atom stereocenters. The quantitative estimate of drug-likeness (QED) is 0.395. The van der Waals surface area contributed by atoms with E-state index in [1.54, 1.807) is 24.5 Å². The largest absolute Gasteiger partial charge is 0.402 e. The van der Waals surface area contributed by atoms with E-state index in [0.29, 0.717) is 15.8 Å². The molecule has 3 rings (SSSR count). The molecule has 0 aliphatic carbocycles. The summed E-state index contributed by atoms with van der Waals surface area (Å²) >= 11 is 3.36. The number of imidazole rings is 1. The first-order valence-electron chi connectivity index (χ1n) is 10.1. The number of aryl methyl sites for hydroxylation is 1. The SMILES string of the molecule is Cc1ccc(C(C)(O[Si](C)(C)C(C)(C)C)C(F)F)cc1-c1cnc2c(N)nc(Br)cn12. The lowest BCUT2D eigenvalue weighted by Gasteiger charge is -2.44. The van der Waals surface area contributed by atoms with E-state index in [4.69, 9.17) is 10.2 Å². The van der Waals surface area contributed by atoms with Crippen molar-refractivity contribution in [2.24, 2.45) is 0 Å². The number of aromatic nitrogens is 3. The molecular formula is C22H29BrF2N4OSi. The van der Waals surface area contributed by atoms with E-state index in [9.17, 15) is 8.78 Å². The highest BCUT2D eigenvalue weighted by atomic mass is 79.9. The topological polar surface area (TPSA) is 65.4 Å². The number of alkyl halides is 2. The van der Waals surface area contributed by atoms with Gasteiger partial charge in [0.15, 0.2) is 19.8 Å². The Labute approximate surface area is 191 Å². The van der Waals surface area contributed by atoms with Gasteiger partial charge < -0.3 is 10.2 Å². The molecule has 168 valence electrons. The van der Waals surface area contributed by atoms with Gasteiger partial charge in [-0.25, -0.2) is 18.7 Å². The van der Waals surface area contributed by atoms with E-state index >= 15 is 0 Å². The van der Waals surface area contributed by atoms with Crippen LogP contribution in [0, 0.1) is 6.92 Å². The minimum Gasteiger partial charge on any atom is -0.402 e. The van der Waals surface area contributed by atoms with Crippen LogP contribution in [0.3, 0.4) is 0 Å². The van der Waals surface area contributed by atoms with Crippen LogP contribution in [0.4, 0.5) is 14.6 Å². The second kappa shape index (κ2) is 7.93. The van der Waals surface area contributed by atoms with Gasteiger partial charge >= 0.3 is 0 Å². The number of benzene rings is 1. The van der Waals surface area contributed by atoms with E-state index in [1.807, 2.05) is 51.3 Å². The number of fused-ring (bicyclic) bond motifs is 1. The standard InChI is InChI=1S/C22H29BrF2N4OSi/c1-13-8-9-14(22(5,20(24)25)30-31(6,7)21(2,3)4)10-15(13)16-11-27-19-18(26)28-17(23)12-29(16)19/h8-12,20H,1-7H3,(H2,26,28). The number of nitrogen functional groups attached to an aromatic ring is 1. The third-order valence-corrected chi connectivity index (χ3v) is 11.2. The Bertz CT molecular complexity index is 1130. The van der Waals surface area contributed by atoms with E-state index in [-0.39, 0.29) is 10.9 Å². The molecule has 0 saturated carbocycles. The molecule has 2 heterocycles. The molecule has 0 radical (unpaired) electrons. The maximum absolute atomic E-state index is 14.5. The minimum atomic E-state index is -2.69. The van der Waals surface area contributed by atoms with Crippen molar-refractivity contribution >= 4 is 35.7 Å². The van der Waals surface area contributed by atoms with Crippen LogP contribution in [-0.2, 0) is 10.0 Å². The molecule has 9 heteroatoms. The van der Waals surface area contributed by atoms with Crippen molar-refractivity contribution in [3.63, 3.8) is 0 Å². The Morgan fingerprint density at radius 2 is 1.84 bits per heavy atom. The highest BCUT2D eigenvalue weighted by molar-refractivity contribution is 9.10. The minimum absolute atomic E-state index is 0.199. The molecule has 5 nitrogen and oxygen atoms in total. The average Bonchev–Trinajstić information content (AvgIpc) is 3.04. The molecule has 0 spiro atoms. The summed E-state index contributed by atoms with van der Waals surface area (Å²) < 4.78 is 37.6. The summed E-state index contributed by atoms with van der Waals surface area (Å²) in [7, 11) is -2.47. The zero-order valence-electron chi connectivity index (χ0n) is 18.9. The number of nitrogens with two attached hydrogens (primary N) is 1. The first kappa shape index (κ1) is 23.8. The van der Waals surface area contributed by atoms with Crippen molar-refractivity contribution in [3.05, 3.63) is 46.3 Å². The lowest BCUT2D eigenvalue weighted by Crippen LogP contribution is -2.50. The summed E-state index contributed by atoms with van der Waals surface area (Å²) in [5.41, 5.74) is 7.67. The fraction of sp³-hybridized carbons (Fsp3) is 0.455. The van der Waals surface area contributed by atoms with Crippen molar-refractivity contribution in [2.45, 2.75) is 64.8 Å². The smallest absolute Gasteiger partial charge is 0.269 e. The third-order valence-electron chi connectivity index (χ3n) is 6.27. The molecule has 0 saturated heterocycles. The molecule has 0 aliphatic heterocycles. The van der Waals surface area contributed by atoms with Gasteiger partial charge in [0.25, 0.3) is 6.43 Å². The Hall–Kier alpha value is -1.84. The molecule has 0 amide bonds. The summed E-state index contributed by atoms with van der Waals surface area (Å²) in [5.74, 6) is 0.285. The van der Waals surface area contributed by atoms with Crippen molar-refractivity contribution < 1.29 is 13.2 Å². The van der Waals surface area contributed by atoms with Gasteiger partial charge in [-0.2, -0.15) is 0 Å². The van der Waals surface area contributed by atoms with Crippen LogP contribution in [-0.4, -0.2) is 29.1 Å². The predicted molar refractivity (Wildman–Crippen MR) is 127 cm³/mol. The van der Waals surface area contributed by atoms with E-state index < -0.39 is 20.3 Å². The summed E-state index contributed by atoms with van der Waals surface area (Å²) in [6.45, 7) is 13.5. The predicted octanol–water partition coefficient (Wildman–Crippen LogP) is 6.55. The van der Waals surface area contributed by atoms with Gasteiger partial charge in [0, 0.05) is 11.8 Å². The van der Waals surface area contributed by atoms with E-state index in [2.05, 4.69) is 25.9 Å². The first-order chi connectivity index (χ1) is 14.2. The van der Waals surface area contributed by atoms with Crippen LogP contribution in [0.1, 0.15) is 38.8 Å². The molecule has 0 bridgehead atoms. The number of rotatable bonds is 5. The number of halogens is 3. The van der Waals surface area contributed by atoms with Gasteiger partial charge in [-0.3, -0.25) is 4.40 Å². The molecule has 2 N–H and O–H groups in total. The summed E-state index contributed by atoms with van der Waals surface area (Å²) in [5, 5.41) is -0.199. The Morgan fingerprint density at radius 3 is 2.42 bits per heavy atom. The Morgan fingerprint density at radius 1 is 1.19 bits per heavy atom. The molecule has 0 fully saturated rings. The van der Waals surface area contributed by atoms with Crippen LogP contribution in [0.15, 0.2) is 35.2 Å². The Balaban J connectivity index is 2.18. The second-order valence-electron chi connectivity index (χ2n) is 9.59. The third kappa shape index (κ3) is 4.27. The number of nitrogens with zero attached hydrogens (tertiary/aromatic N) is 3. The van der Waals surface area contributed by atoms with Crippen LogP contribution in [0.2, 0.25) is 18.1 Å².